The largest absolute Gasteiger partial charge is 0.494 e. The number of hydrogen-bond donors (Lipinski definition) is 1. The SMILES string of the molecule is COc1cccc2c(N3CCC(CCO)CC3)ncnc12. The Kier molecular flexibility index (Phi) is 4.20. The van der Waals surface area contributed by atoms with Gasteiger partial charge in [-0.05, 0) is 37.3 Å². The summed E-state index contributed by atoms with van der Waals surface area (Å²) < 4.78 is 5.38. The maximum absolute atomic E-state index is 9.05. The Balaban J connectivity index is 1.88. The predicted molar refractivity (Wildman–Crippen MR) is 82.7 cm³/mol. The van der Waals surface area contributed by atoms with Gasteiger partial charge >= 0.3 is 0 Å². The van der Waals surface area contributed by atoms with Crippen LogP contribution in [0.1, 0.15) is 19.3 Å². The number of ether oxygens (including phenoxy) is 1. The maximum Gasteiger partial charge on any atom is 0.145 e. The minimum Gasteiger partial charge on any atom is -0.494 e. The molecular weight excluding hydrogens is 266 g/mol. The summed E-state index contributed by atoms with van der Waals surface area (Å²) in [5, 5.41) is 10.1. The molecule has 0 amide bonds. The molecule has 1 aliphatic heterocycles. The van der Waals surface area contributed by atoms with Crippen LogP contribution in [0.15, 0.2) is 24.5 Å². The summed E-state index contributed by atoms with van der Waals surface area (Å²) >= 11 is 0. The lowest BCUT2D eigenvalue weighted by Gasteiger charge is -2.33. The smallest absolute Gasteiger partial charge is 0.145 e. The topological polar surface area (TPSA) is 58.5 Å². The van der Waals surface area contributed by atoms with E-state index >= 15 is 0 Å². The van der Waals surface area contributed by atoms with Gasteiger partial charge in [0.1, 0.15) is 23.4 Å². The fourth-order valence-electron chi connectivity index (χ4n) is 3.08. The van der Waals surface area contributed by atoms with Gasteiger partial charge in [0.2, 0.25) is 0 Å². The first-order valence-corrected chi connectivity index (χ1v) is 7.47. The number of aromatic nitrogens is 2. The lowest BCUT2D eigenvalue weighted by Crippen LogP contribution is -2.34. The van der Waals surface area contributed by atoms with E-state index in [1.165, 1.54) is 0 Å². The summed E-state index contributed by atoms with van der Waals surface area (Å²) in [7, 11) is 1.66. The molecule has 0 aliphatic carbocycles. The Bertz CT molecular complexity index is 609. The number of rotatable bonds is 4. The fourth-order valence-corrected chi connectivity index (χ4v) is 3.08. The van der Waals surface area contributed by atoms with Gasteiger partial charge in [0.05, 0.1) is 7.11 Å². The molecule has 0 radical (unpaired) electrons. The molecule has 1 aromatic carbocycles. The van der Waals surface area contributed by atoms with Gasteiger partial charge in [0.15, 0.2) is 0 Å². The molecule has 2 heterocycles. The van der Waals surface area contributed by atoms with Gasteiger partial charge in [-0.15, -0.1) is 0 Å². The molecule has 5 heteroatoms. The quantitative estimate of drug-likeness (QED) is 0.934. The third-order valence-electron chi connectivity index (χ3n) is 4.28. The normalized spacial score (nSPS) is 16.4. The Morgan fingerprint density at radius 2 is 2.10 bits per heavy atom. The number of aliphatic hydroxyl groups excluding tert-OH is 1. The van der Waals surface area contributed by atoms with Crippen LogP contribution in [0.4, 0.5) is 5.82 Å². The van der Waals surface area contributed by atoms with Gasteiger partial charge in [-0.1, -0.05) is 6.07 Å². The van der Waals surface area contributed by atoms with Crippen molar-refractivity contribution in [1.82, 2.24) is 9.97 Å². The van der Waals surface area contributed by atoms with Gasteiger partial charge < -0.3 is 14.7 Å². The minimum atomic E-state index is 0.290. The van der Waals surface area contributed by atoms with Gasteiger partial charge in [0.25, 0.3) is 0 Å². The number of benzene rings is 1. The molecule has 5 nitrogen and oxygen atoms in total. The zero-order chi connectivity index (χ0) is 14.7. The average molecular weight is 287 g/mol. The summed E-state index contributed by atoms with van der Waals surface area (Å²) in [4.78, 5) is 11.2. The van der Waals surface area contributed by atoms with E-state index in [0.717, 1.165) is 54.8 Å². The van der Waals surface area contributed by atoms with E-state index in [1.54, 1.807) is 13.4 Å². The van der Waals surface area contributed by atoms with E-state index in [-0.39, 0.29) is 6.61 Å². The van der Waals surface area contributed by atoms with E-state index in [0.29, 0.717) is 5.92 Å². The first kappa shape index (κ1) is 14.1. The Labute approximate surface area is 124 Å². The summed E-state index contributed by atoms with van der Waals surface area (Å²) in [6.07, 6.45) is 4.73. The van der Waals surface area contributed by atoms with Crippen molar-refractivity contribution >= 4 is 16.7 Å². The van der Waals surface area contributed by atoms with Gasteiger partial charge in [-0.3, -0.25) is 0 Å². The van der Waals surface area contributed by atoms with Crippen LogP contribution in [0.25, 0.3) is 10.9 Å². The number of fused-ring (bicyclic) bond motifs is 1. The highest BCUT2D eigenvalue weighted by Crippen LogP contribution is 2.31. The number of aliphatic hydroxyl groups is 1. The average Bonchev–Trinajstić information content (AvgIpc) is 2.55. The minimum absolute atomic E-state index is 0.290. The third kappa shape index (κ3) is 2.78. The van der Waals surface area contributed by atoms with Crippen LogP contribution in [0.5, 0.6) is 5.75 Å². The van der Waals surface area contributed by atoms with E-state index in [2.05, 4.69) is 14.9 Å². The number of hydrogen-bond acceptors (Lipinski definition) is 5. The molecule has 3 rings (SSSR count). The second-order valence-electron chi connectivity index (χ2n) is 5.50. The highest BCUT2D eigenvalue weighted by atomic mass is 16.5. The molecular formula is C16H21N3O2. The fraction of sp³-hybridized carbons (Fsp3) is 0.500. The molecule has 2 aromatic rings. The highest BCUT2D eigenvalue weighted by molar-refractivity contribution is 5.93. The predicted octanol–water partition coefficient (Wildman–Crippen LogP) is 2.24. The first-order chi connectivity index (χ1) is 10.3. The molecule has 0 spiro atoms. The lowest BCUT2D eigenvalue weighted by molar-refractivity contribution is 0.240. The number of nitrogens with zero attached hydrogens (tertiary/aromatic N) is 3. The Morgan fingerprint density at radius 1 is 1.29 bits per heavy atom. The van der Waals surface area contributed by atoms with Crippen molar-refractivity contribution in [2.45, 2.75) is 19.3 Å². The number of anilines is 1. The van der Waals surface area contributed by atoms with Crippen molar-refractivity contribution in [3.8, 4) is 5.75 Å². The monoisotopic (exact) mass is 287 g/mol. The molecule has 112 valence electrons. The zero-order valence-corrected chi connectivity index (χ0v) is 12.3. The molecule has 1 N–H and O–H groups in total. The van der Waals surface area contributed by atoms with Crippen molar-refractivity contribution in [2.75, 3.05) is 31.7 Å². The van der Waals surface area contributed by atoms with Crippen LogP contribution in [-0.2, 0) is 0 Å². The van der Waals surface area contributed by atoms with E-state index < -0.39 is 0 Å². The van der Waals surface area contributed by atoms with Crippen LogP contribution in [0.3, 0.4) is 0 Å². The highest BCUT2D eigenvalue weighted by Gasteiger charge is 2.21. The Morgan fingerprint density at radius 3 is 2.81 bits per heavy atom. The van der Waals surface area contributed by atoms with E-state index in [4.69, 9.17) is 9.84 Å². The molecule has 0 bridgehead atoms. The molecule has 0 unspecified atom stereocenters. The van der Waals surface area contributed by atoms with Crippen LogP contribution in [-0.4, -0.2) is 41.9 Å². The van der Waals surface area contributed by atoms with Gasteiger partial charge in [0, 0.05) is 25.1 Å². The molecule has 1 saturated heterocycles. The van der Waals surface area contributed by atoms with Crippen molar-refractivity contribution in [1.29, 1.82) is 0 Å². The lowest BCUT2D eigenvalue weighted by atomic mass is 9.94. The second-order valence-corrected chi connectivity index (χ2v) is 5.50. The Hall–Kier alpha value is -1.88. The van der Waals surface area contributed by atoms with Crippen molar-refractivity contribution < 1.29 is 9.84 Å². The van der Waals surface area contributed by atoms with E-state index in [1.807, 2.05) is 18.2 Å². The summed E-state index contributed by atoms with van der Waals surface area (Å²) in [6, 6.07) is 5.95. The molecule has 0 saturated carbocycles. The summed E-state index contributed by atoms with van der Waals surface area (Å²) in [5.74, 6) is 2.40. The van der Waals surface area contributed by atoms with Crippen molar-refractivity contribution in [3.63, 3.8) is 0 Å². The standard InChI is InChI=1S/C16H21N3O2/c1-21-14-4-2-3-13-15(14)17-11-18-16(13)19-8-5-12(6-9-19)7-10-20/h2-4,11-12,20H,5-10H2,1H3. The van der Waals surface area contributed by atoms with Crippen molar-refractivity contribution in [3.05, 3.63) is 24.5 Å². The summed E-state index contributed by atoms with van der Waals surface area (Å²) in [5.41, 5.74) is 0.863. The molecule has 1 fully saturated rings. The molecule has 1 aliphatic rings. The number of methoxy groups -OCH3 is 1. The van der Waals surface area contributed by atoms with Gasteiger partial charge in [-0.25, -0.2) is 9.97 Å². The van der Waals surface area contributed by atoms with E-state index in [9.17, 15) is 0 Å². The number of piperidine rings is 1. The third-order valence-corrected chi connectivity index (χ3v) is 4.28. The maximum atomic E-state index is 9.05. The summed E-state index contributed by atoms with van der Waals surface area (Å²) in [6.45, 7) is 2.25. The van der Waals surface area contributed by atoms with Crippen molar-refractivity contribution in [2.24, 2.45) is 5.92 Å². The molecule has 1 aromatic heterocycles. The molecule has 21 heavy (non-hydrogen) atoms. The van der Waals surface area contributed by atoms with Crippen LogP contribution < -0.4 is 9.64 Å². The van der Waals surface area contributed by atoms with Crippen LogP contribution in [0, 0.1) is 5.92 Å². The second kappa shape index (κ2) is 6.26. The number of para-hydroxylation sites is 1. The molecule has 0 atom stereocenters. The van der Waals surface area contributed by atoms with Gasteiger partial charge in [-0.2, -0.15) is 0 Å². The van der Waals surface area contributed by atoms with Crippen LogP contribution >= 0.6 is 0 Å². The first-order valence-electron chi connectivity index (χ1n) is 7.47. The zero-order valence-electron chi connectivity index (χ0n) is 12.3. The van der Waals surface area contributed by atoms with Crippen LogP contribution in [0.2, 0.25) is 0 Å².